The fourth-order valence-electron chi connectivity index (χ4n) is 2.87. The summed E-state index contributed by atoms with van der Waals surface area (Å²) >= 11 is 1.67. The second-order valence-electron chi connectivity index (χ2n) is 6.10. The molecule has 1 aliphatic rings. The highest BCUT2D eigenvalue weighted by Crippen LogP contribution is 2.33. The molecule has 1 aromatic heterocycles. The third-order valence-corrected chi connectivity index (χ3v) is 7.30. The SMILES string of the molecule is CC(Sc1nnc(CC2CCS(=O)(=O)C2)n1C)c1ccccc1. The lowest BCUT2D eigenvalue weighted by atomic mass is 10.1. The summed E-state index contributed by atoms with van der Waals surface area (Å²) in [4.78, 5) is 0. The van der Waals surface area contributed by atoms with Gasteiger partial charge in [0.2, 0.25) is 0 Å². The minimum atomic E-state index is -2.84. The van der Waals surface area contributed by atoms with Crippen LogP contribution in [0.3, 0.4) is 0 Å². The van der Waals surface area contributed by atoms with Crippen LogP contribution in [0.15, 0.2) is 35.5 Å². The van der Waals surface area contributed by atoms with Crippen LogP contribution in [-0.4, -0.2) is 34.7 Å². The Morgan fingerprint density at radius 3 is 2.70 bits per heavy atom. The number of nitrogens with zero attached hydrogens (tertiary/aromatic N) is 3. The van der Waals surface area contributed by atoms with Gasteiger partial charge in [-0.25, -0.2) is 8.42 Å². The van der Waals surface area contributed by atoms with Crippen LogP contribution < -0.4 is 0 Å². The summed E-state index contributed by atoms with van der Waals surface area (Å²) in [5, 5.41) is 9.72. The Labute approximate surface area is 141 Å². The molecule has 3 rings (SSSR count). The molecule has 0 saturated carbocycles. The normalized spacial score (nSPS) is 21.4. The van der Waals surface area contributed by atoms with Crippen molar-refractivity contribution in [2.24, 2.45) is 13.0 Å². The molecule has 2 atom stereocenters. The number of thioether (sulfide) groups is 1. The molecule has 1 aromatic carbocycles. The van der Waals surface area contributed by atoms with E-state index < -0.39 is 9.84 Å². The molecule has 0 N–H and O–H groups in total. The molecule has 1 fully saturated rings. The van der Waals surface area contributed by atoms with Gasteiger partial charge in [-0.2, -0.15) is 0 Å². The Balaban J connectivity index is 1.67. The van der Waals surface area contributed by atoms with Crippen LogP contribution in [0.2, 0.25) is 0 Å². The molecular weight excluding hydrogens is 330 g/mol. The lowest BCUT2D eigenvalue weighted by molar-refractivity contribution is 0.552. The van der Waals surface area contributed by atoms with Crippen molar-refractivity contribution in [2.45, 2.75) is 30.2 Å². The first-order chi connectivity index (χ1) is 10.9. The number of hydrogen-bond acceptors (Lipinski definition) is 5. The molecule has 7 heteroatoms. The number of hydrogen-bond donors (Lipinski definition) is 0. The van der Waals surface area contributed by atoms with E-state index in [0.717, 1.165) is 17.4 Å². The maximum absolute atomic E-state index is 11.6. The van der Waals surface area contributed by atoms with E-state index in [-0.39, 0.29) is 11.7 Å². The van der Waals surface area contributed by atoms with Gasteiger partial charge in [0.1, 0.15) is 5.82 Å². The molecule has 1 aliphatic heterocycles. The van der Waals surface area contributed by atoms with Gasteiger partial charge in [-0.1, -0.05) is 42.1 Å². The summed E-state index contributed by atoms with van der Waals surface area (Å²) in [6, 6.07) is 10.3. The Morgan fingerprint density at radius 1 is 1.30 bits per heavy atom. The number of benzene rings is 1. The van der Waals surface area contributed by atoms with Crippen molar-refractivity contribution in [1.82, 2.24) is 14.8 Å². The Kier molecular flexibility index (Phi) is 4.77. The van der Waals surface area contributed by atoms with E-state index in [4.69, 9.17) is 0 Å². The molecule has 2 aromatic rings. The Bertz CT molecular complexity index is 772. The number of sulfone groups is 1. The summed E-state index contributed by atoms with van der Waals surface area (Å²) in [7, 11) is -0.882. The third kappa shape index (κ3) is 3.95. The zero-order valence-electron chi connectivity index (χ0n) is 13.3. The van der Waals surface area contributed by atoms with Gasteiger partial charge < -0.3 is 4.57 Å². The van der Waals surface area contributed by atoms with Crippen LogP contribution in [0.4, 0.5) is 0 Å². The Morgan fingerprint density at radius 2 is 2.04 bits per heavy atom. The largest absolute Gasteiger partial charge is 0.309 e. The van der Waals surface area contributed by atoms with Gasteiger partial charge in [0.05, 0.1) is 11.5 Å². The van der Waals surface area contributed by atoms with E-state index in [0.29, 0.717) is 17.4 Å². The highest BCUT2D eigenvalue weighted by molar-refractivity contribution is 7.99. The average Bonchev–Trinajstić information content (AvgIpc) is 3.04. The number of rotatable bonds is 5. The van der Waals surface area contributed by atoms with Gasteiger partial charge in [-0.15, -0.1) is 10.2 Å². The summed E-state index contributed by atoms with van der Waals surface area (Å²) in [6.45, 7) is 2.15. The smallest absolute Gasteiger partial charge is 0.191 e. The molecule has 124 valence electrons. The maximum atomic E-state index is 11.6. The molecule has 2 heterocycles. The van der Waals surface area contributed by atoms with Crippen LogP contribution >= 0.6 is 11.8 Å². The van der Waals surface area contributed by atoms with Gasteiger partial charge in [0, 0.05) is 18.7 Å². The topological polar surface area (TPSA) is 64.8 Å². The van der Waals surface area contributed by atoms with Crippen molar-refractivity contribution in [2.75, 3.05) is 11.5 Å². The van der Waals surface area contributed by atoms with Gasteiger partial charge in [0.25, 0.3) is 0 Å². The van der Waals surface area contributed by atoms with Crippen LogP contribution in [0.1, 0.15) is 30.0 Å². The lowest BCUT2D eigenvalue weighted by Gasteiger charge is -2.11. The molecule has 1 saturated heterocycles. The standard InChI is InChI=1S/C16H21N3O2S2/c1-12(14-6-4-3-5-7-14)22-16-18-17-15(19(16)2)10-13-8-9-23(20,21)11-13/h3-7,12-13H,8-11H2,1-2H3. The molecule has 23 heavy (non-hydrogen) atoms. The van der Waals surface area contributed by atoms with Gasteiger partial charge in [-0.3, -0.25) is 0 Å². The van der Waals surface area contributed by atoms with E-state index >= 15 is 0 Å². The average molecular weight is 351 g/mol. The van der Waals surface area contributed by atoms with Crippen molar-refractivity contribution in [3.8, 4) is 0 Å². The lowest BCUT2D eigenvalue weighted by Crippen LogP contribution is -2.11. The molecule has 2 unspecified atom stereocenters. The van der Waals surface area contributed by atoms with Gasteiger partial charge in [0.15, 0.2) is 15.0 Å². The van der Waals surface area contributed by atoms with E-state index in [9.17, 15) is 8.42 Å². The molecule has 5 nitrogen and oxygen atoms in total. The monoisotopic (exact) mass is 351 g/mol. The molecule has 0 aliphatic carbocycles. The van der Waals surface area contributed by atoms with Crippen LogP contribution in [-0.2, 0) is 23.3 Å². The maximum Gasteiger partial charge on any atom is 0.191 e. The van der Waals surface area contributed by atoms with E-state index in [1.165, 1.54) is 5.56 Å². The second kappa shape index (κ2) is 6.65. The number of aromatic nitrogens is 3. The predicted molar refractivity (Wildman–Crippen MR) is 92.2 cm³/mol. The van der Waals surface area contributed by atoms with Crippen LogP contribution in [0.5, 0.6) is 0 Å². The third-order valence-electron chi connectivity index (χ3n) is 4.27. The fourth-order valence-corrected chi connectivity index (χ4v) is 5.69. The van der Waals surface area contributed by atoms with Crippen molar-refractivity contribution in [3.05, 3.63) is 41.7 Å². The van der Waals surface area contributed by atoms with Crippen LogP contribution in [0, 0.1) is 5.92 Å². The quantitative estimate of drug-likeness (QED) is 0.775. The first-order valence-electron chi connectivity index (χ1n) is 7.75. The Hall–Kier alpha value is -1.34. The zero-order valence-corrected chi connectivity index (χ0v) is 15.0. The summed E-state index contributed by atoms with van der Waals surface area (Å²) in [5.41, 5.74) is 1.25. The molecule has 0 bridgehead atoms. The van der Waals surface area contributed by atoms with E-state index in [1.54, 1.807) is 11.8 Å². The second-order valence-corrected chi connectivity index (χ2v) is 9.64. The van der Waals surface area contributed by atoms with Crippen molar-refractivity contribution in [3.63, 3.8) is 0 Å². The van der Waals surface area contributed by atoms with E-state index in [1.807, 2.05) is 29.8 Å². The van der Waals surface area contributed by atoms with Crippen LogP contribution in [0.25, 0.3) is 0 Å². The summed E-state index contributed by atoms with van der Waals surface area (Å²) in [5.74, 6) is 1.63. The zero-order chi connectivity index (χ0) is 16.4. The highest BCUT2D eigenvalue weighted by Gasteiger charge is 2.29. The minimum absolute atomic E-state index is 0.173. The fraction of sp³-hybridized carbons (Fsp3) is 0.500. The van der Waals surface area contributed by atoms with Gasteiger partial charge in [-0.05, 0) is 24.8 Å². The highest BCUT2D eigenvalue weighted by atomic mass is 32.2. The summed E-state index contributed by atoms with van der Waals surface area (Å²) in [6.07, 6.45) is 1.42. The molecule has 0 radical (unpaired) electrons. The minimum Gasteiger partial charge on any atom is -0.309 e. The van der Waals surface area contributed by atoms with Gasteiger partial charge >= 0.3 is 0 Å². The molecular formula is C16H21N3O2S2. The predicted octanol–water partition coefficient (Wildman–Crippen LogP) is 2.65. The van der Waals surface area contributed by atoms with E-state index in [2.05, 4.69) is 29.3 Å². The summed E-state index contributed by atoms with van der Waals surface area (Å²) < 4.78 is 25.1. The molecule has 0 spiro atoms. The first-order valence-corrected chi connectivity index (χ1v) is 10.4. The van der Waals surface area contributed by atoms with Crippen molar-refractivity contribution >= 4 is 21.6 Å². The van der Waals surface area contributed by atoms with Crippen molar-refractivity contribution in [1.29, 1.82) is 0 Å². The molecule has 0 amide bonds. The first kappa shape index (κ1) is 16.5. The van der Waals surface area contributed by atoms with Crippen molar-refractivity contribution < 1.29 is 8.42 Å².